The fraction of sp³-hybridized carbons (Fsp3) is 0.300. The zero-order valence-electron chi connectivity index (χ0n) is 7.51. The van der Waals surface area contributed by atoms with Gasteiger partial charge in [-0.2, -0.15) is 0 Å². The molecule has 0 saturated heterocycles. The van der Waals surface area contributed by atoms with Crippen LogP contribution in [-0.2, 0) is 6.42 Å². The van der Waals surface area contributed by atoms with Crippen LogP contribution in [0.15, 0.2) is 30.6 Å². The summed E-state index contributed by atoms with van der Waals surface area (Å²) in [6, 6.07) is 5.93. The SMILES string of the molecule is CC(O)Cc1ncc2ccccn12. The van der Waals surface area contributed by atoms with Crippen LogP contribution < -0.4 is 0 Å². The molecule has 0 aliphatic carbocycles. The van der Waals surface area contributed by atoms with Crippen molar-refractivity contribution in [2.45, 2.75) is 19.4 Å². The Morgan fingerprint density at radius 3 is 3.15 bits per heavy atom. The molecule has 2 rings (SSSR count). The van der Waals surface area contributed by atoms with Crippen molar-refractivity contribution in [2.75, 3.05) is 0 Å². The molecule has 0 amide bonds. The van der Waals surface area contributed by atoms with Crippen molar-refractivity contribution in [1.29, 1.82) is 0 Å². The number of aliphatic hydroxyl groups excluding tert-OH is 1. The standard InChI is InChI=1S/C10H12N2O/c1-8(13)6-10-11-7-9-4-2-3-5-12(9)10/h2-5,7-8,13H,6H2,1H3. The highest BCUT2D eigenvalue weighted by molar-refractivity contribution is 5.45. The first kappa shape index (κ1) is 8.26. The molecule has 2 aromatic rings. The molecule has 0 fully saturated rings. The van der Waals surface area contributed by atoms with Crippen molar-refractivity contribution in [3.05, 3.63) is 36.4 Å². The third-order valence-corrected chi connectivity index (χ3v) is 1.99. The molecule has 3 nitrogen and oxygen atoms in total. The maximum absolute atomic E-state index is 9.23. The van der Waals surface area contributed by atoms with Crippen LogP contribution in [0.1, 0.15) is 12.7 Å². The van der Waals surface area contributed by atoms with Gasteiger partial charge in [-0.3, -0.25) is 0 Å². The molecule has 2 heterocycles. The lowest BCUT2D eigenvalue weighted by molar-refractivity contribution is 0.192. The van der Waals surface area contributed by atoms with E-state index in [1.165, 1.54) is 0 Å². The van der Waals surface area contributed by atoms with E-state index in [4.69, 9.17) is 0 Å². The first-order chi connectivity index (χ1) is 6.27. The predicted molar refractivity (Wildman–Crippen MR) is 50.6 cm³/mol. The smallest absolute Gasteiger partial charge is 0.115 e. The average Bonchev–Trinajstić information content (AvgIpc) is 2.48. The zero-order valence-corrected chi connectivity index (χ0v) is 7.51. The van der Waals surface area contributed by atoms with E-state index >= 15 is 0 Å². The average molecular weight is 176 g/mol. The van der Waals surface area contributed by atoms with E-state index in [-0.39, 0.29) is 6.10 Å². The van der Waals surface area contributed by atoms with E-state index < -0.39 is 0 Å². The highest BCUT2D eigenvalue weighted by Gasteiger charge is 2.04. The van der Waals surface area contributed by atoms with E-state index in [2.05, 4.69) is 4.98 Å². The lowest BCUT2D eigenvalue weighted by Gasteiger charge is -2.02. The Labute approximate surface area is 76.7 Å². The van der Waals surface area contributed by atoms with Crippen LogP contribution in [0.4, 0.5) is 0 Å². The number of imidazole rings is 1. The normalized spacial score (nSPS) is 13.4. The lowest BCUT2D eigenvalue weighted by Crippen LogP contribution is -2.07. The van der Waals surface area contributed by atoms with E-state index in [0.29, 0.717) is 6.42 Å². The molecular formula is C10H12N2O. The van der Waals surface area contributed by atoms with Crippen molar-refractivity contribution in [3.63, 3.8) is 0 Å². The Morgan fingerprint density at radius 1 is 1.54 bits per heavy atom. The van der Waals surface area contributed by atoms with Gasteiger partial charge in [0.15, 0.2) is 0 Å². The summed E-state index contributed by atoms with van der Waals surface area (Å²) in [5.41, 5.74) is 1.07. The molecule has 1 unspecified atom stereocenters. The van der Waals surface area contributed by atoms with Crippen LogP contribution in [0.25, 0.3) is 5.52 Å². The number of aliphatic hydroxyl groups is 1. The van der Waals surface area contributed by atoms with Crippen molar-refractivity contribution in [3.8, 4) is 0 Å². The van der Waals surface area contributed by atoms with Gasteiger partial charge in [0.05, 0.1) is 17.8 Å². The molecule has 0 radical (unpaired) electrons. The number of nitrogens with zero attached hydrogens (tertiary/aromatic N) is 2. The van der Waals surface area contributed by atoms with Crippen LogP contribution in [0.3, 0.4) is 0 Å². The topological polar surface area (TPSA) is 37.5 Å². The monoisotopic (exact) mass is 176 g/mol. The van der Waals surface area contributed by atoms with Crippen LogP contribution in [-0.4, -0.2) is 20.6 Å². The lowest BCUT2D eigenvalue weighted by atomic mass is 10.3. The van der Waals surface area contributed by atoms with Gasteiger partial charge in [-0.05, 0) is 19.1 Å². The van der Waals surface area contributed by atoms with Gasteiger partial charge in [0, 0.05) is 12.6 Å². The number of pyridine rings is 1. The van der Waals surface area contributed by atoms with Gasteiger partial charge in [-0.25, -0.2) is 4.98 Å². The summed E-state index contributed by atoms with van der Waals surface area (Å²) in [5.74, 6) is 0.908. The summed E-state index contributed by atoms with van der Waals surface area (Å²) in [7, 11) is 0. The number of rotatable bonds is 2. The van der Waals surface area contributed by atoms with E-state index in [9.17, 15) is 5.11 Å². The second-order valence-electron chi connectivity index (χ2n) is 3.22. The second kappa shape index (κ2) is 3.18. The molecule has 0 aromatic carbocycles. The quantitative estimate of drug-likeness (QED) is 0.748. The summed E-state index contributed by atoms with van der Waals surface area (Å²) >= 11 is 0. The minimum absolute atomic E-state index is 0.342. The van der Waals surface area contributed by atoms with Gasteiger partial charge in [0.1, 0.15) is 5.82 Å². The molecule has 13 heavy (non-hydrogen) atoms. The van der Waals surface area contributed by atoms with Crippen LogP contribution in [0, 0.1) is 0 Å². The first-order valence-electron chi connectivity index (χ1n) is 4.36. The largest absolute Gasteiger partial charge is 0.393 e. The van der Waals surface area contributed by atoms with Gasteiger partial charge >= 0.3 is 0 Å². The third kappa shape index (κ3) is 1.55. The highest BCUT2D eigenvalue weighted by Crippen LogP contribution is 2.07. The van der Waals surface area contributed by atoms with Crippen LogP contribution in [0.2, 0.25) is 0 Å². The van der Waals surface area contributed by atoms with Gasteiger partial charge in [0.25, 0.3) is 0 Å². The molecule has 1 N–H and O–H groups in total. The van der Waals surface area contributed by atoms with Crippen molar-refractivity contribution in [2.24, 2.45) is 0 Å². The number of aromatic nitrogens is 2. The summed E-state index contributed by atoms with van der Waals surface area (Å²) in [6.45, 7) is 1.77. The number of hydrogen-bond acceptors (Lipinski definition) is 2. The minimum Gasteiger partial charge on any atom is -0.393 e. The van der Waals surface area contributed by atoms with Crippen molar-refractivity contribution >= 4 is 5.52 Å². The van der Waals surface area contributed by atoms with Gasteiger partial charge in [-0.1, -0.05) is 6.07 Å². The van der Waals surface area contributed by atoms with Gasteiger partial charge < -0.3 is 9.51 Å². The first-order valence-corrected chi connectivity index (χ1v) is 4.36. The van der Waals surface area contributed by atoms with Gasteiger partial charge in [0.2, 0.25) is 0 Å². The molecule has 0 aliphatic heterocycles. The maximum Gasteiger partial charge on any atom is 0.115 e. The Hall–Kier alpha value is -1.35. The number of hydrogen-bond donors (Lipinski definition) is 1. The Balaban J connectivity index is 2.46. The molecule has 0 bridgehead atoms. The highest BCUT2D eigenvalue weighted by atomic mass is 16.3. The summed E-state index contributed by atoms with van der Waals surface area (Å²) in [6.07, 6.45) is 4.03. The Kier molecular flexibility index (Phi) is 2.02. The fourth-order valence-corrected chi connectivity index (χ4v) is 1.41. The summed E-state index contributed by atoms with van der Waals surface area (Å²) in [5, 5.41) is 9.23. The second-order valence-corrected chi connectivity index (χ2v) is 3.22. The van der Waals surface area contributed by atoms with Crippen LogP contribution in [0.5, 0.6) is 0 Å². The fourth-order valence-electron chi connectivity index (χ4n) is 1.41. The van der Waals surface area contributed by atoms with Crippen LogP contribution >= 0.6 is 0 Å². The zero-order chi connectivity index (χ0) is 9.26. The Morgan fingerprint density at radius 2 is 2.38 bits per heavy atom. The van der Waals surface area contributed by atoms with Gasteiger partial charge in [-0.15, -0.1) is 0 Å². The number of fused-ring (bicyclic) bond motifs is 1. The van der Waals surface area contributed by atoms with Crippen molar-refractivity contribution < 1.29 is 5.11 Å². The Bertz CT molecular complexity index is 406. The molecule has 68 valence electrons. The molecular weight excluding hydrogens is 164 g/mol. The summed E-state index contributed by atoms with van der Waals surface area (Å²) in [4.78, 5) is 4.24. The minimum atomic E-state index is -0.342. The van der Waals surface area contributed by atoms with E-state index in [1.807, 2.05) is 35.0 Å². The molecule has 1 atom stereocenters. The maximum atomic E-state index is 9.23. The molecule has 2 aromatic heterocycles. The summed E-state index contributed by atoms with van der Waals surface area (Å²) < 4.78 is 1.99. The third-order valence-electron chi connectivity index (χ3n) is 1.99. The predicted octanol–water partition coefficient (Wildman–Crippen LogP) is 1.26. The molecule has 0 aliphatic rings. The van der Waals surface area contributed by atoms with Crippen molar-refractivity contribution in [1.82, 2.24) is 9.38 Å². The molecule has 3 heteroatoms. The molecule has 0 spiro atoms. The van der Waals surface area contributed by atoms with E-state index in [0.717, 1.165) is 11.3 Å². The van der Waals surface area contributed by atoms with E-state index in [1.54, 1.807) is 6.92 Å². The molecule has 0 saturated carbocycles.